The van der Waals surface area contributed by atoms with Crippen molar-refractivity contribution in [1.29, 1.82) is 0 Å². The van der Waals surface area contributed by atoms with Crippen LogP contribution in [0.3, 0.4) is 0 Å². The van der Waals surface area contributed by atoms with E-state index in [2.05, 4.69) is 17.9 Å². The van der Waals surface area contributed by atoms with Crippen LogP contribution in [0.1, 0.15) is 13.3 Å². The molecule has 0 bridgehead atoms. The lowest BCUT2D eigenvalue weighted by Gasteiger charge is -2.01. The van der Waals surface area contributed by atoms with Gasteiger partial charge in [0.25, 0.3) is 0 Å². The van der Waals surface area contributed by atoms with Crippen LogP contribution in [-0.2, 0) is 4.79 Å². The van der Waals surface area contributed by atoms with E-state index in [1.165, 1.54) is 0 Å². The third kappa shape index (κ3) is 1.69. The van der Waals surface area contributed by atoms with Crippen LogP contribution in [0.2, 0.25) is 0 Å². The van der Waals surface area contributed by atoms with Crippen molar-refractivity contribution in [2.45, 2.75) is 24.6 Å². The van der Waals surface area contributed by atoms with Crippen molar-refractivity contribution in [3.8, 4) is 0 Å². The Hall–Kier alpha value is -0.0200. The van der Waals surface area contributed by atoms with Crippen molar-refractivity contribution in [2.75, 3.05) is 6.54 Å². The molecule has 0 aromatic heterocycles. The fraction of sp³-hybridized carbons (Fsp3) is 0.833. The topological polar surface area (TPSA) is 29.1 Å². The highest BCUT2D eigenvalue weighted by molar-refractivity contribution is 7.81. The third-order valence-corrected chi connectivity index (χ3v) is 1.99. The lowest BCUT2D eigenvalue weighted by atomic mass is 10.2. The van der Waals surface area contributed by atoms with Crippen LogP contribution in [0, 0.1) is 0 Å². The number of carbonyl (C=O) groups excluding carboxylic acids is 1. The predicted molar refractivity (Wildman–Crippen MR) is 39.9 cm³/mol. The van der Waals surface area contributed by atoms with Gasteiger partial charge in [-0.15, -0.1) is 0 Å². The van der Waals surface area contributed by atoms with Crippen LogP contribution < -0.4 is 5.32 Å². The Morgan fingerprint density at radius 1 is 1.78 bits per heavy atom. The number of rotatable bonds is 1. The molecule has 1 rings (SSSR count). The first-order chi connectivity index (χ1) is 4.20. The van der Waals surface area contributed by atoms with E-state index >= 15 is 0 Å². The van der Waals surface area contributed by atoms with Gasteiger partial charge in [-0.1, -0.05) is 0 Å². The molecule has 1 aliphatic rings. The zero-order valence-electron chi connectivity index (χ0n) is 5.42. The molecule has 0 spiro atoms. The average molecular weight is 145 g/mol. The third-order valence-electron chi connectivity index (χ3n) is 1.60. The Labute approximate surface area is 60.4 Å². The Bertz CT molecular complexity index is 126. The maximum atomic E-state index is 10.7. The quantitative estimate of drug-likeness (QED) is 0.517. The number of ketones is 1. The highest BCUT2D eigenvalue weighted by Gasteiger charge is 2.23. The second-order valence-corrected chi connectivity index (χ2v) is 3.19. The summed E-state index contributed by atoms with van der Waals surface area (Å²) in [4.78, 5) is 10.7. The molecule has 1 aliphatic heterocycles. The van der Waals surface area contributed by atoms with Crippen molar-refractivity contribution in [3.05, 3.63) is 0 Å². The van der Waals surface area contributed by atoms with E-state index in [4.69, 9.17) is 0 Å². The van der Waals surface area contributed by atoms with E-state index in [0.717, 1.165) is 13.0 Å². The molecule has 0 aliphatic carbocycles. The largest absolute Gasteiger partial charge is 0.306 e. The molecule has 9 heavy (non-hydrogen) atoms. The van der Waals surface area contributed by atoms with Crippen molar-refractivity contribution < 1.29 is 4.79 Å². The average Bonchev–Trinajstić information content (AvgIpc) is 2.14. The molecule has 2 atom stereocenters. The fourth-order valence-corrected chi connectivity index (χ4v) is 1.34. The van der Waals surface area contributed by atoms with Crippen LogP contribution in [0.25, 0.3) is 0 Å². The minimum atomic E-state index is 0.0764. The Kier molecular flexibility index (Phi) is 2.13. The molecule has 0 amide bonds. The van der Waals surface area contributed by atoms with Gasteiger partial charge in [-0.3, -0.25) is 4.79 Å². The van der Waals surface area contributed by atoms with Gasteiger partial charge in [-0.25, -0.2) is 0 Å². The predicted octanol–water partition coefficient (Wildman–Crippen LogP) is 0.236. The van der Waals surface area contributed by atoms with Crippen molar-refractivity contribution in [2.24, 2.45) is 0 Å². The summed E-state index contributed by atoms with van der Waals surface area (Å²) < 4.78 is 0. The summed E-state index contributed by atoms with van der Waals surface area (Å²) >= 11 is 4.23. The SMILES string of the molecule is CC(=O)[C@@H]1C[C@@H](S)CN1. The highest BCUT2D eigenvalue weighted by Crippen LogP contribution is 2.11. The van der Waals surface area contributed by atoms with Crippen LogP contribution in [-0.4, -0.2) is 23.6 Å². The first-order valence-electron chi connectivity index (χ1n) is 3.12. The molecule has 1 N–H and O–H groups in total. The van der Waals surface area contributed by atoms with Crippen LogP contribution in [0.15, 0.2) is 0 Å². The van der Waals surface area contributed by atoms with E-state index in [-0.39, 0.29) is 11.8 Å². The molecular weight excluding hydrogens is 134 g/mol. The van der Waals surface area contributed by atoms with Gasteiger partial charge in [0.2, 0.25) is 0 Å². The van der Waals surface area contributed by atoms with Gasteiger partial charge in [0.15, 0.2) is 0 Å². The number of nitrogens with one attached hydrogen (secondary N) is 1. The van der Waals surface area contributed by atoms with E-state index in [0.29, 0.717) is 5.25 Å². The van der Waals surface area contributed by atoms with Gasteiger partial charge in [0, 0.05) is 11.8 Å². The van der Waals surface area contributed by atoms with Gasteiger partial charge in [0.1, 0.15) is 5.78 Å². The molecule has 1 fully saturated rings. The molecule has 1 saturated heterocycles. The van der Waals surface area contributed by atoms with Crippen molar-refractivity contribution in [3.63, 3.8) is 0 Å². The normalized spacial score (nSPS) is 34.9. The molecule has 0 aromatic carbocycles. The molecule has 0 aromatic rings. The summed E-state index contributed by atoms with van der Waals surface area (Å²) in [6.07, 6.45) is 0.887. The lowest BCUT2D eigenvalue weighted by molar-refractivity contribution is -0.118. The minimum absolute atomic E-state index is 0.0764. The van der Waals surface area contributed by atoms with E-state index in [1.54, 1.807) is 6.92 Å². The zero-order valence-corrected chi connectivity index (χ0v) is 6.32. The van der Waals surface area contributed by atoms with Gasteiger partial charge in [0.05, 0.1) is 6.04 Å². The number of hydrogen-bond acceptors (Lipinski definition) is 3. The molecule has 0 saturated carbocycles. The monoisotopic (exact) mass is 145 g/mol. The van der Waals surface area contributed by atoms with Gasteiger partial charge in [-0.2, -0.15) is 12.6 Å². The first kappa shape index (κ1) is 7.09. The lowest BCUT2D eigenvalue weighted by Crippen LogP contribution is -2.28. The molecule has 0 radical (unpaired) electrons. The Morgan fingerprint density at radius 2 is 2.44 bits per heavy atom. The first-order valence-corrected chi connectivity index (χ1v) is 3.63. The number of Topliss-reactive ketones (excluding diaryl/α,β-unsaturated/α-hetero) is 1. The number of hydrogen-bond donors (Lipinski definition) is 2. The van der Waals surface area contributed by atoms with Gasteiger partial charge >= 0.3 is 0 Å². The number of carbonyl (C=O) groups is 1. The molecule has 0 unspecified atom stereocenters. The summed E-state index contributed by atoms with van der Waals surface area (Å²) in [6, 6.07) is 0.0764. The molecule has 3 heteroatoms. The maximum Gasteiger partial charge on any atom is 0.146 e. The standard InChI is InChI=1S/C6H11NOS/c1-4(8)6-2-5(9)3-7-6/h5-7,9H,2-3H2,1H3/t5-,6+/m1/s1. The Balaban J connectivity index is 2.39. The molecule has 52 valence electrons. The van der Waals surface area contributed by atoms with E-state index < -0.39 is 0 Å². The molecule has 1 heterocycles. The molecule has 2 nitrogen and oxygen atoms in total. The van der Waals surface area contributed by atoms with Gasteiger partial charge in [-0.05, 0) is 13.3 Å². The van der Waals surface area contributed by atoms with Crippen LogP contribution in [0.5, 0.6) is 0 Å². The van der Waals surface area contributed by atoms with Crippen molar-refractivity contribution in [1.82, 2.24) is 5.32 Å². The summed E-state index contributed by atoms with van der Waals surface area (Å²) in [6.45, 7) is 2.48. The second kappa shape index (κ2) is 2.71. The summed E-state index contributed by atoms with van der Waals surface area (Å²) in [7, 11) is 0. The van der Waals surface area contributed by atoms with Crippen LogP contribution >= 0.6 is 12.6 Å². The van der Waals surface area contributed by atoms with Crippen molar-refractivity contribution >= 4 is 18.4 Å². The highest BCUT2D eigenvalue weighted by atomic mass is 32.1. The van der Waals surface area contributed by atoms with Gasteiger partial charge < -0.3 is 5.32 Å². The van der Waals surface area contributed by atoms with Crippen LogP contribution in [0.4, 0.5) is 0 Å². The Morgan fingerprint density at radius 3 is 2.67 bits per heavy atom. The summed E-state index contributed by atoms with van der Waals surface area (Å²) in [5, 5.41) is 3.45. The number of thiol groups is 1. The van der Waals surface area contributed by atoms with E-state index in [9.17, 15) is 4.79 Å². The summed E-state index contributed by atoms with van der Waals surface area (Å²) in [5.74, 6) is 0.228. The van der Waals surface area contributed by atoms with E-state index in [1.807, 2.05) is 0 Å². The molecular formula is C6H11NOS. The smallest absolute Gasteiger partial charge is 0.146 e. The summed E-state index contributed by atoms with van der Waals surface area (Å²) in [5.41, 5.74) is 0. The maximum absolute atomic E-state index is 10.7. The minimum Gasteiger partial charge on any atom is -0.306 e. The zero-order chi connectivity index (χ0) is 6.85. The fourth-order valence-electron chi connectivity index (χ4n) is 1.03. The second-order valence-electron chi connectivity index (χ2n) is 2.46.